The molecular weight excluding hydrogens is 397 g/mol. The van der Waals surface area contributed by atoms with Crippen molar-refractivity contribution < 1.29 is 0 Å². The summed E-state index contributed by atoms with van der Waals surface area (Å²) in [6.07, 6.45) is 12.0. The van der Waals surface area contributed by atoms with Gasteiger partial charge in [-0.2, -0.15) is 0 Å². The summed E-state index contributed by atoms with van der Waals surface area (Å²) >= 11 is -2.20. The van der Waals surface area contributed by atoms with Gasteiger partial charge >= 0.3 is 156 Å². The van der Waals surface area contributed by atoms with Crippen LogP contribution in [0.2, 0.25) is 13.3 Å². The molecule has 24 heavy (non-hydrogen) atoms. The molecule has 0 spiro atoms. The third-order valence-corrected chi connectivity index (χ3v) is 21.2. The Hall–Kier alpha value is -0.0213. The second-order valence-corrected chi connectivity index (χ2v) is 20.8. The van der Waals surface area contributed by atoms with Gasteiger partial charge in [-0.1, -0.05) is 0 Å². The second kappa shape index (κ2) is 13.2. The van der Waals surface area contributed by atoms with Crippen LogP contribution in [0.15, 0.2) is 24.3 Å². The van der Waals surface area contributed by atoms with Crippen molar-refractivity contribution in [2.24, 2.45) is 5.73 Å². The van der Waals surface area contributed by atoms with Crippen LogP contribution in [0.4, 0.5) is 0 Å². The van der Waals surface area contributed by atoms with Crippen molar-refractivity contribution in [2.75, 3.05) is 6.54 Å². The third-order valence-electron chi connectivity index (χ3n) is 5.51. The fourth-order valence-electron chi connectivity index (χ4n) is 3.85. The summed E-state index contributed by atoms with van der Waals surface area (Å²) in [4.78, 5) is 0. The van der Waals surface area contributed by atoms with Crippen LogP contribution in [0.3, 0.4) is 0 Å². The molecule has 0 amide bonds. The van der Waals surface area contributed by atoms with Crippen LogP contribution in [-0.2, 0) is 6.42 Å². The van der Waals surface area contributed by atoms with Gasteiger partial charge in [-0.05, 0) is 0 Å². The molecule has 0 fully saturated rings. The molecule has 1 rings (SSSR count). The van der Waals surface area contributed by atoms with E-state index in [-0.39, 0.29) is 0 Å². The summed E-state index contributed by atoms with van der Waals surface area (Å²) in [6.45, 7) is 7.90. The number of aryl methyl sites for hydroxylation is 1. The average molecular weight is 438 g/mol. The third kappa shape index (κ3) is 7.47. The first-order valence-electron chi connectivity index (χ1n) is 10.5. The SMILES string of the molecule is CCC[CH2][Sn]([CH2]CCC)([CH2]CCC)[c]1ccc(CCCCN)cc1. The Balaban J connectivity index is 2.92. The topological polar surface area (TPSA) is 26.0 Å². The van der Waals surface area contributed by atoms with Crippen LogP contribution >= 0.6 is 0 Å². The fraction of sp³-hybridized carbons (Fsp3) is 0.727. The van der Waals surface area contributed by atoms with E-state index in [0.29, 0.717) is 0 Å². The zero-order valence-corrected chi connectivity index (χ0v) is 19.4. The van der Waals surface area contributed by atoms with Gasteiger partial charge in [0.05, 0.1) is 0 Å². The Bertz CT molecular complexity index is 391. The minimum absolute atomic E-state index is 0.822. The first-order valence-corrected chi connectivity index (χ1v) is 18.0. The fourth-order valence-corrected chi connectivity index (χ4v) is 19.8. The molecule has 0 aliphatic carbocycles. The molecular formula is C22H41NSn. The molecule has 0 atom stereocenters. The molecule has 2 N–H and O–H groups in total. The summed E-state index contributed by atoms with van der Waals surface area (Å²) in [5, 5.41) is 0. The normalized spacial score (nSPS) is 11.8. The molecule has 0 bridgehead atoms. The minimum atomic E-state index is -2.20. The summed E-state index contributed by atoms with van der Waals surface area (Å²) in [6, 6.07) is 9.94. The monoisotopic (exact) mass is 439 g/mol. The molecule has 1 aromatic carbocycles. The Labute approximate surface area is 155 Å². The van der Waals surface area contributed by atoms with Gasteiger partial charge in [-0.15, -0.1) is 0 Å². The van der Waals surface area contributed by atoms with Gasteiger partial charge in [0.25, 0.3) is 0 Å². The van der Waals surface area contributed by atoms with E-state index in [0.717, 1.165) is 13.0 Å². The van der Waals surface area contributed by atoms with E-state index in [9.17, 15) is 0 Å². The van der Waals surface area contributed by atoms with Crippen molar-refractivity contribution >= 4 is 22.0 Å². The summed E-state index contributed by atoms with van der Waals surface area (Å²) in [5.41, 5.74) is 7.13. The molecule has 1 nitrogen and oxygen atoms in total. The van der Waals surface area contributed by atoms with E-state index in [2.05, 4.69) is 45.0 Å². The number of rotatable bonds is 14. The molecule has 0 heterocycles. The van der Waals surface area contributed by atoms with Crippen molar-refractivity contribution in [1.29, 1.82) is 0 Å². The molecule has 138 valence electrons. The molecule has 0 saturated heterocycles. The number of benzene rings is 1. The Kier molecular flexibility index (Phi) is 12.1. The molecule has 0 aliphatic heterocycles. The number of hydrogen-bond donors (Lipinski definition) is 1. The molecule has 0 unspecified atom stereocenters. The number of nitrogens with two attached hydrogens (primary N) is 1. The Morgan fingerprint density at radius 3 is 1.62 bits per heavy atom. The van der Waals surface area contributed by atoms with Crippen LogP contribution in [-0.4, -0.2) is 24.9 Å². The first kappa shape index (κ1) is 22.0. The van der Waals surface area contributed by atoms with Crippen molar-refractivity contribution in [2.45, 2.75) is 91.9 Å². The predicted molar refractivity (Wildman–Crippen MR) is 113 cm³/mol. The van der Waals surface area contributed by atoms with Crippen molar-refractivity contribution in [1.82, 2.24) is 0 Å². The maximum absolute atomic E-state index is 5.62. The molecule has 1 aromatic rings. The van der Waals surface area contributed by atoms with E-state index in [1.807, 2.05) is 3.58 Å². The first-order chi connectivity index (χ1) is 11.7. The van der Waals surface area contributed by atoms with Crippen molar-refractivity contribution in [3.05, 3.63) is 29.8 Å². The van der Waals surface area contributed by atoms with Crippen LogP contribution in [0, 0.1) is 0 Å². The average Bonchev–Trinajstić information content (AvgIpc) is 2.62. The summed E-state index contributed by atoms with van der Waals surface area (Å²) in [5.74, 6) is 0. The van der Waals surface area contributed by atoms with Crippen LogP contribution in [0.5, 0.6) is 0 Å². The summed E-state index contributed by atoms with van der Waals surface area (Å²) in [7, 11) is 0. The zero-order chi connectivity index (χ0) is 17.7. The Morgan fingerprint density at radius 1 is 0.708 bits per heavy atom. The second-order valence-electron chi connectivity index (χ2n) is 7.53. The van der Waals surface area contributed by atoms with E-state index < -0.39 is 18.4 Å². The summed E-state index contributed by atoms with van der Waals surface area (Å²) < 4.78 is 6.51. The van der Waals surface area contributed by atoms with Crippen molar-refractivity contribution in [3.63, 3.8) is 0 Å². The van der Waals surface area contributed by atoms with Gasteiger partial charge in [0.15, 0.2) is 0 Å². The quantitative estimate of drug-likeness (QED) is 0.279. The number of unbranched alkanes of at least 4 members (excludes halogenated alkanes) is 4. The molecule has 0 aliphatic rings. The van der Waals surface area contributed by atoms with Gasteiger partial charge < -0.3 is 0 Å². The van der Waals surface area contributed by atoms with Gasteiger partial charge in [-0.25, -0.2) is 0 Å². The molecule has 0 saturated carbocycles. The van der Waals surface area contributed by atoms with Gasteiger partial charge in [-0.3, -0.25) is 0 Å². The maximum atomic E-state index is 5.62. The molecule has 0 aromatic heterocycles. The predicted octanol–water partition coefficient (Wildman–Crippen LogP) is 6.02. The van der Waals surface area contributed by atoms with Gasteiger partial charge in [0.2, 0.25) is 0 Å². The van der Waals surface area contributed by atoms with Gasteiger partial charge in [0, 0.05) is 0 Å². The van der Waals surface area contributed by atoms with E-state index in [4.69, 9.17) is 5.73 Å². The van der Waals surface area contributed by atoms with Crippen LogP contribution < -0.4 is 9.31 Å². The Morgan fingerprint density at radius 2 is 1.21 bits per heavy atom. The van der Waals surface area contributed by atoms with Crippen LogP contribution in [0.25, 0.3) is 0 Å². The standard InChI is InChI=1S/C10H14N.3C4H9.Sn/c11-9-5-4-8-10-6-2-1-3-7-10;3*1-3-4-2;/h2-3,6-7H,4-5,8-9,11H2;3*1,3-4H2,2H3;. The van der Waals surface area contributed by atoms with Crippen molar-refractivity contribution in [3.8, 4) is 0 Å². The zero-order valence-electron chi connectivity index (χ0n) is 16.6. The van der Waals surface area contributed by atoms with E-state index in [1.54, 1.807) is 13.3 Å². The number of hydrogen-bond acceptors (Lipinski definition) is 1. The van der Waals surface area contributed by atoms with E-state index in [1.165, 1.54) is 56.9 Å². The van der Waals surface area contributed by atoms with E-state index >= 15 is 0 Å². The van der Waals surface area contributed by atoms with Crippen LogP contribution in [0.1, 0.15) is 77.7 Å². The molecule has 0 radical (unpaired) electrons. The molecule has 2 heteroatoms. The van der Waals surface area contributed by atoms with Gasteiger partial charge in [0.1, 0.15) is 0 Å².